The molecule has 18 heavy (non-hydrogen) atoms. The summed E-state index contributed by atoms with van der Waals surface area (Å²) in [7, 11) is 0. The molecule has 1 aromatic carbocycles. The molecule has 1 aliphatic rings. The van der Waals surface area contributed by atoms with Crippen LogP contribution in [0.25, 0.3) is 5.57 Å². The molecule has 1 aliphatic carbocycles. The van der Waals surface area contributed by atoms with Gasteiger partial charge in [0.15, 0.2) is 5.76 Å². The Hall–Kier alpha value is -2.03. The van der Waals surface area contributed by atoms with Gasteiger partial charge in [-0.05, 0) is 18.1 Å². The molecule has 0 bridgehead atoms. The maximum Gasteiger partial charge on any atom is 0.227 e. The molecule has 0 aliphatic heterocycles. The predicted molar refractivity (Wildman–Crippen MR) is 72.4 cm³/mol. The van der Waals surface area contributed by atoms with Crippen molar-refractivity contribution in [1.29, 1.82) is 0 Å². The molecule has 0 aromatic heterocycles. The third-order valence-corrected chi connectivity index (χ3v) is 2.94. The van der Waals surface area contributed by atoms with E-state index < -0.39 is 0 Å². The van der Waals surface area contributed by atoms with Crippen LogP contribution in [0.5, 0.6) is 0 Å². The number of ketones is 1. The van der Waals surface area contributed by atoms with E-state index in [4.69, 9.17) is 0 Å². The first kappa shape index (κ1) is 12.4. The summed E-state index contributed by atoms with van der Waals surface area (Å²) < 4.78 is 0. The second-order valence-corrected chi connectivity index (χ2v) is 4.31. The highest BCUT2D eigenvalue weighted by molar-refractivity contribution is 6.14. The minimum absolute atomic E-state index is 0.197. The van der Waals surface area contributed by atoms with Crippen molar-refractivity contribution < 1.29 is 9.90 Å². The van der Waals surface area contributed by atoms with Crippen LogP contribution in [-0.2, 0) is 0 Å². The van der Waals surface area contributed by atoms with E-state index in [9.17, 15) is 9.90 Å². The predicted octanol–water partition coefficient (Wildman–Crippen LogP) is 3.06. The number of unbranched alkanes of at least 4 members (excludes halogenated alkanes) is 1. The van der Waals surface area contributed by atoms with Gasteiger partial charge in [-0.2, -0.15) is 0 Å². The minimum atomic E-state index is -0.309. The van der Waals surface area contributed by atoms with Crippen molar-refractivity contribution in [2.24, 2.45) is 0 Å². The molecule has 3 heteroatoms. The lowest BCUT2D eigenvalue weighted by atomic mass is 9.91. The molecule has 94 valence electrons. The standard InChI is InChI=1S/C15H17NO2/c1-2-3-8-16-10-11-9-14(17)15(18)13-7-5-4-6-12(11)13/h4-7,9-10,16-17H,2-3,8H2,1H3/b11-10-. The summed E-state index contributed by atoms with van der Waals surface area (Å²) in [5.74, 6) is -0.506. The Bertz CT molecular complexity index is 515. The van der Waals surface area contributed by atoms with Crippen LogP contribution in [0.2, 0.25) is 0 Å². The molecule has 0 saturated carbocycles. The molecule has 0 atom stereocenters. The fourth-order valence-electron chi connectivity index (χ4n) is 1.94. The van der Waals surface area contributed by atoms with E-state index in [-0.39, 0.29) is 11.5 Å². The maximum atomic E-state index is 11.8. The normalized spacial score (nSPS) is 16.4. The minimum Gasteiger partial charge on any atom is -0.504 e. The van der Waals surface area contributed by atoms with Crippen LogP contribution in [-0.4, -0.2) is 17.4 Å². The lowest BCUT2D eigenvalue weighted by Gasteiger charge is -2.15. The number of hydrogen-bond donors (Lipinski definition) is 2. The van der Waals surface area contributed by atoms with Crippen molar-refractivity contribution in [3.63, 3.8) is 0 Å². The summed E-state index contributed by atoms with van der Waals surface area (Å²) in [6, 6.07) is 7.32. The fraction of sp³-hybridized carbons (Fsp3) is 0.267. The van der Waals surface area contributed by atoms with Gasteiger partial charge < -0.3 is 10.4 Å². The zero-order valence-electron chi connectivity index (χ0n) is 10.4. The quantitative estimate of drug-likeness (QED) is 0.799. The molecule has 0 heterocycles. The zero-order valence-corrected chi connectivity index (χ0v) is 10.4. The topological polar surface area (TPSA) is 49.3 Å². The smallest absolute Gasteiger partial charge is 0.227 e. The monoisotopic (exact) mass is 243 g/mol. The van der Waals surface area contributed by atoms with Crippen molar-refractivity contribution >= 4 is 11.4 Å². The lowest BCUT2D eigenvalue weighted by Crippen LogP contribution is -2.13. The van der Waals surface area contributed by atoms with Gasteiger partial charge in [0.25, 0.3) is 0 Å². The van der Waals surface area contributed by atoms with Gasteiger partial charge in [0.2, 0.25) is 5.78 Å². The first-order valence-electron chi connectivity index (χ1n) is 6.22. The van der Waals surface area contributed by atoms with Gasteiger partial charge in [0, 0.05) is 23.9 Å². The number of rotatable bonds is 4. The number of benzene rings is 1. The first-order chi connectivity index (χ1) is 8.74. The maximum absolute atomic E-state index is 11.8. The lowest BCUT2D eigenvalue weighted by molar-refractivity contribution is 0.0976. The summed E-state index contributed by atoms with van der Waals surface area (Å²) in [6.07, 6.45) is 5.60. The number of aliphatic hydroxyl groups is 1. The highest BCUT2D eigenvalue weighted by Gasteiger charge is 2.21. The Morgan fingerprint density at radius 2 is 2.00 bits per heavy atom. The van der Waals surface area contributed by atoms with Crippen LogP contribution >= 0.6 is 0 Å². The van der Waals surface area contributed by atoms with Gasteiger partial charge in [0.05, 0.1) is 0 Å². The average molecular weight is 243 g/mol. The Kier molecular flexibility index (Phi) is 3.82. The summed E-state index contributed by atoms with van der Waals surface area (Å²) in [6.45, 7) is 3.03. The fourth-order valence-corrected chi connectivity index (χ4v) is 1.94. The van der Waals surface area contributed by atoms with Gasteiger partial charge in [-0.1, -0.05) is 37.6 Å². The second-order valence-electron chi connectivity index (χ2n) is 4.31. The van der Waals surface area contributed by atoms with E-state index in [0.717, 1.165) is 30.5 Å². The molecule has 2 rings (SSSR count). The summed E-state index contributed by atoms with van der Waals surface area (Å²) in [4.78, 5) is 11.8. The average Bonchev–Trinajstić information content (AvgIpc) is 2.40. The summed E-state index contributed by atoms with van der Waals surface area (Å²) in [5, 5.41) is 12.8. The largest absolute Gasteiger partial charge is 0.504 e. The Morgan fingerprint density at radius 3 is 2.72 bits per heavy atom. The molecule has 2 N–H and O–H groups in total. The van der Waals surface area contributed by atoms with Crippen LogP contribution < -0.4 is 5.32 Å². The van der Waals surface area contributed by atoms with Gasteiger partial charge in [-0.15, -0.1) is 0 Å². The van der Waals surface area contributed by atoms with Gasteiger partial charge in [-0.3, -0.25) is 4.79 Å². The van der Waals surface area contributed by atoms with Gasteiger partial charge in [-0.25, -0.2) is 0 Å². The van der Waals surface area contributed by atoms with Gasteiger partial charge >= 0.3 is 0 Å². The van der Waals surface area contributed by atoms with Crippen LogP contribution in [0.4, 0.5) is 0 Å². The van der Waals surface area contributed by atoms with E-state index in [1.165, 1.54) is 6.08 Å². The van der Waals surface area contributed by atoms with Crippen LogP contribution in [0.15, 0.2) is 42.3 Å². The molecule has 0 fully saturated rings. The number of allylic oxidation sites excluding steroid dienone is 3. The zero-order chi connectivity index (χ0) is 13.0. The van der Waals surface area contributed by atoms with E-state index in [1.54, 1.807) is 12.1 Å². The number of carbonyl (C=O) groups is 1. The molecule has 0 amide bonds. The molecule has 0 spiro atoms. The first-order valence-corrected chi connectivity index (χ1v) is 6.22. The number of carbonyl (C=O) groups excluding carboxylic acids is 1. The SMILES string of the molecule is CCCCN/C=C1/C=C(O)C(=O)c2ccccc21. The number of aliphatic hydroxyl groups excluding tert-OH is 1. The van der Waals surface area contributed by atoms with Crippen LogP contribution in [0.3, 0.4) is 0 Å². The Balaban J connectivity index is 2.28. The number of Topliss-reactive ketones (excluding diaryl/α,β-unsaturated/α-hetero) is 1. The molecular formula is C15H17NO2. The molecule has 0 unspecified atom stereocenters. The molecule has 3 nitrogen and oxygen atoms in total. The second kappa shape index (κ2) is 5.54. The van der Waals surface area contributed by atoms with Crippen molar-refractivity contribution in [1.82, 2.24) is 5.32 Å². The highest BCUT2D eigenvalue weighted by atomic mass is 16.3. The highest BCUT2D eigenvalue weighted by Crippen LogP contribution is 2.27. The van der Waals surface area contributed by atoms with Gasteiger partial charge in [0.1, 0.15) is 0 Å². The molecule has 0 saturated heterocycles. The van der Waals surface area contributed by atoms with Crippen molar-refractivity contribution in [2.45, 2.75) is 19.8 Å². The molecule has 0 radical (unpaired) electrons. The number of fused-ring (bicyclic) bond motifs is 1. The van der Waals surface area contributed by atoms with Crippen LogP contribution in [0, 0.1) is 0 Å². The summed E-state index contributed by atoms with van der Waals surface area (Å²) in [5.41, 5.74) is 2.27. The van der Waals surface area contributed by atoms with E-state index in [2.05, 4.69) is 12.2 Å². The Morgan fingerprint density at radius 1 is 1.28 bits per heavy atom. The summed E-state index contributed by atoms with van der Waals surface area (Å²) >= 11 is 0. The molecular weight excluding hydrogens is 226 g/mol. The molecule has 1 aromatic rings. The van der Waals surface area contributed by atoms with Crippen molar-refractivity contribution in [2.75, 3.05) is 6.54 Å². The van der Waals surface area contributed by atoms with E-state index in [0.29, 0.717) is 5.56 Å². The third-order valence-electron chi connectivity index (χ3n) is 2.94. The van der Waals surface area contributed by atoms with E-state index in [1.807, 2.05) is 18.3 Å². The van der Waals surface area contributed by atoms with E-state index >= 15 is 0 Å². The van der Waals surface area contributed by atoms with Crippen molar-refractivity contribution in [3.05, 3.63) is 53.4 Å². The van der Waals surface area contributed by atoms with Crippen LogP contribution in [0.1, 0.15) is 35.7 Å². The Labute approximate surface area is 107 Å². The third kappa shape index (κ3) is 2.45. The van der Waals surface area contributed by atoms with Crippen molar-refractivity contribution in [3.8, 4) is 0 Å². The number of hydrogen-bond acceptors (Lipinski definition) is 3. The number of nitrogens with one attached hydrogen (secondary N) is 1.